The van der Waals surface area contributed by atoms with Crippen LogP contribution < -0.4 is 0 Å². The van der Waals surface area contributed by atoms with Gasteiger partial charge in [-0.3, -0.25) is 4.90 Å². The normalized spacial score (nSPS) is 25.5. The van der Waals surface area contributed by atoms with E-state index in [0.29, 0.717) is 0 Å². The minimum atomic E-state index is 0.0702. The van der Waals surface area contributed by atoms with E-state index in [1.165, 1.54) is 5.56 Å². The van der Waals surface area contributed by atoms with E-state index in [9.17, 15) is 5.11 Å². The summed E-state index contributed by atoms with van der Waals surface area (Å²) in [4.78, 5) is 2.20. The Morgan fingerprint density at radius 1 is 1.38 bits per heavy atom. The Morgan fingerprint density at radius 3 is 2.75 bits per heavy atom. The first-order valence-electron chi connectivity index (χ1n) is 5.62. The molecule has 3 heteroatoms. The first-order chi connectivity index (χ1) is 7.83. The summed E-state index contributed by atoms with van der Waals surface area (Å²) in [5.74, 6) is 0.0702. The number of nitrogens with zero attached hydrogens (tertiary/aromatic N) is 2. The van der Waals surface area contributed by atoms with E-state index in [4.69, 9.17) is 5.26 Å². The number of hydrogen-bond acceptors (Lipinski definition) is 3. The van der Waals surface area contributed by atoms with E-state index in [1.807, 2.05) is 18.2 Å². The summed E-state index contributed by atoms with van der Waals surface area (Å²) in [7, 11) is 0. The number of aliphatic hydroxyl groups excluding tert-OH is 1. The Labute approximate surface area is 95.9 Å². The smallest absolute Gasteiger partial charge is 0.0669 e. The van der Waals surface area contributed by atoms with Crippen LogP contribution in [0.15, 0.2) is 30.3 Å². The lowest BCUT2D eigenvalue weighted by atomic mass is 10.1. The van der Waals surface area contributed by atoms with Gasteiger partial charge < -0.3 is 5.11 Å². The molecule has 1 N–H and O–H groups in total. The molecule has 0 spiro atoms. The van der Waals surface area contributed by atoms with Crippen LogP contribution in [0.4, 0.5) is 0 Å². The molecular formula is C13H16N2O. The van der Waals surface area contributed by atoms with Crippen LogP contribution in [0.2, 0.25) is 0 Å². The second kappa shape index (κ2) is 5.11. The average molecular weight is 216 g/mol. The second-order valence-corrected chi connectivity index (χ2v) is 4.31. The van der Waals surface area contributed by atoms with Gasteiger partial charge in [0.05, 0.1) is 18.6 Å². The Balaban J connectivity index is 2.02. The van der Waals surface area contributed by atoms with E-state index in [1.54, 1.807) is 0 Å². The van der Waals surface area contributed by atoms with Crippen molar-refractivity contribution in [2.24, 2.45) is 5.92 Å². The van der Waals surface area contributed by atoms with Crippen LogP contribution in [0.3, 0.4) is 0 Å². The van der Waals surface area contributed by atoms with Gasteiger partial charge in [-0.15, -0.1) is 0 Å². The quantitative estimate of drug-likeness (QED) is 0.830. The maximum Gasteiger partial charge on any atom is 0.0669 e. The van der Waals surface area contributed by atoms with Crippen molar-refractivity contribution in [3.63, 3.8) is 0 Å². The van der Waals surface area contributed by atoms with E-state index in [2.05, 4.69) is 23.1 Å². The van der Waals surface area contributed by atoms with Gasteiger partial charge in [-0.25, -0.2) is 0 Å². The maximum atomic E-state index is 9.28. The molecule has 16 heavy (non-hydrogen) atoms. The molecule has 0 aromatic heterocycles. The third-order valence-electron chi connectivity index (χ3n) is 3.15. The second-order valence-electron chi connectivity index (χ2n) is 4.31. The van der Waals surface area contributed by atoms with Crippen LogP contribution in [0, 0.1) is 17.2 Å². The van der Waals surface area contributed by atoms with Gasteiger partial charge in [0.25, 0.3) is 0 Å². The number of aliphatic hydroxyl groups is 1. The fourth-order valence-electron chi connectivity index (χ4n) is 2.28. The van der Waals surface area contributed by atoms with Gasteiger partial charge in [-0.1, -0.05) is 30.3 Å². The minimum absolute atomic E-state index is 0.0702. The molecule has 0 amide bonds. The van der Waals surface area contributed by atoms with Crippen molar-refractivity contribution >= 4 is 0 Å². The summed E-state index contributed by atoms with van der Waals surface area (Å²) in [6.45, 7) is 1.74. The highest BCUT2D eigenvalue weighted by atomic mass is 16.3. The van der Waals surface area contributed by atoms with Gasteiger partial charge in [-0.2, -0.15) is 5.26 Å². The lowest BCUT2D eigenvalue weighted by Crippen LogP contribution is -2.31. The van der Waals surface area contributed by atoms with E-state index in [0.717, 1.165) is 19.5 Å². The minimum Gasteiger partial charge on any atom is -0.395 e. The lowest BCUT2D eigenvalue weighted by molar-refractivity contribution is 0.153. The molecule has 0 bridgehead atoms. The molecule has 2 atom stereocenters. The summed E-state index contributed by atoms with van der Waals surface area (Å²) in [6, 6.07) is 12.6. The first kappa shape index (κ1) is 11.1. The largest absolute Gasteiger partial charge is 0.395 e. The van der Waals surface area contributed by atoms with Gasteiger partial charge in [-0.05, 0) is 12.0 Å². The zero-order chi connectivity index (χ0) is 11.4. The van der Waals surface area contributed by atoms with Crippen molar-refractivity contribution in [1.29, 1.82) is 5.26 Å². The third kappa shape index (κ3) is 2.41. The fourth-order valence-corrected chi connectivity index (χ4v) is 2.28. The predicted octanol–water partition coefficient (Wildman–Crippen LogP) is 1.39. The molecule has 0 saturated carbocycles. The fraction of sp³-hybridized carbons (Fsp3) is 0.462. The first-order valence-corrected chi connectivity index (χ1v) is 5.62. The van der Waals surface area contributed by atoms with E-state index < -0.39 is 0 Å². The molecule has 1 aliphatic heterocycles. The van der Waals surface area contributed by atoms with Gasteiger partial charge in [0.2, 0.25) is 0 Å². The van der Waals surface area contributed by atoms with Crippen molar-refractivity contribution in [3.8, 4) is 6.07 Å². The van der Waals surface area contributed by atoms with Gasteiger partial charge in [0, 0.05) is 19.1 Å². The van der Waals surface area contributed by atoms with E-state index in [-0.39, 0.29) is 18.6 Å². The van der Waals surface area contributed by atoms with Crippen LogP contribution in [-0.2, 0) is 6.54 Å². The van der Waals surface area contributed by atoms with Crippen molar-refractivity contribution in [2.75, 3.05) is 13.2 Å². The van der Waals surface area contributed by atoms with Crippen LogP contribution in [0.25, 0.3) is 0 Å². The molecule has 0 aliphatic carbocycles. The highest BCUT2D eigenvalue weighted by Crippen LogP contribution is 2.24. The molecule has 1 aromatic carbocycles. The Morgan fingerprint density at radius 2 is 2.12 bits per heavy atom. The molecule has 1 saturated heterocycles. The van der Waals surface area contributed by atoms with E-state index >= 15 is 0 Å². The van der Waals surface area contributed by atoms with Crippen molar-refractivity contribution in [1.82, 2.24) is 4.90 Å². The monoisotopic (exact) mass is 216 g/mol. The number of nitriles is 1. The van der Waals surface area contributed by atoms with Crippen LogP contribution in [0.5, 0.6) is 0 Å². The Kier molecular flexibility index (Phi) is 3.55. The zero-order valence-corrected chi connectivity index (χ0v) is 9.21. The summed E-state index contributed by atoms with van der Waals surface area (Å²) in [6.07, 6.45) is 0.792. The van der Waals surface area contributed by atoms with Gasteiger partial charge in [0.1, 0.15) is 0 Å². The summed E-state index contributed by atoms with van der Waals surface area (Å²) >= 11 is 0. The number of hydrogen-bond donors (Lipinski definition) is 1. The molecule has 0 unspecified atom stereocenters. The van der Waals surface area contributed by atoms with Crippen LogP contribution in [0.1, 0.15) is 12.0 Å². The summed E-state index contributed by atoms with van der Waals surface area (Å²) in [5.41, 5.74) is 1.24. The standard InChI is InChI=1S/C13H16N2O/c14-7-12-6-13(10-16)15(9-12)8-11-4-2-1-3-5-11/h1-5,12-13,16H,6,8-10H2/t12-,13+/m1/s1. The van der Waals surface area contributed by atoms with Crippen molar-refractivity contribution in [2.45, 2.75) is 19.0 Å². The van der Waals surface area contributed by atoms with Gasteiger partial charge in [0.15, 0.2) is 0 Å². The average Bonchev–Trinajstić information content (AvgIpc) is 2.73. The predicted molar refractivity (Wildman–Crippen MR) is 61.4 cm³/mol. The number of benzene rings is 1. The highest BCUT2D eigenvalue weighted by Gasteiger charge is 2.31. The number of rotatable bonds is 3. The SMILES string of the molecule is N#C[C@H]1C[C@@H](CO)N(Cc2ccccc2)C1. The molecular weight excluding hydrogens is 200 g/mol. The summed E-state index contributed by atoms with van der Waals surface area (Å²) < 4.78 is 0. The highest BCUT2D eigenvalue weighted by molar-refractivity contribution is 5.15. The Bertz CT molecular complexity index is 371. The lowest BCUT2D eigenvalue weighted by Gasteiger charge is -2.22. The number of likely N-dealkylation sites (tertiary alicyclic amines) is 1. The maximum absolute atomic E-state index is 9.28. The van der Waals surface area contributed by atoms with Crippen molar-refractivity contribution < 1.29 is 5.11 Å². The molecule has 2 rings (SSSR count). The molecule has 84 valence electrons. The molecule has 1 heterocycles. The molecule has 0 radical (unpaired) electrons. The topological polar surface area (TPSA) is 47.3 Å². The Hall–Kier alpha value is -1.37. The summed E-state index contributed by atoms with van der Waals surface area (Å²) in [5, 5.41) is 18.2. The molecule has 1 aromatic rings. The zero-order valence-electron chi connectivity index (χ0n) is 9.21. The van der Waals surface area contributed by atoms with Gasteiger partial charge >= 0.3 is 0 Å². The molecule has 3 nitrogen and oxygen atoms in total. The molecule has 1 aliphatic rings. The van der Waals surface area contributed by atoms with Crippen LogP contribution in [-0.4, -0.2) is 29.2 Å². The van der Waals surface area contributed by atoms with Crippen molar-refractivity contribution in [3.05, 3.63) is 35.9 Å². The third-order valence-corrected chi connectivity index (χ3v) is 3.15. The van der Waals surface area contributed by atoms with Crippen LogP contribution >= 0.6 is 0 Å². The molecule has 1 fully saturated rings.